The highest BCUT2D eigenvalue weighted by Crippen LogP contribution is 2.33. The lowest BCUT2D eigenvalue weighted by atomic mass is 9.96. The van der Waals surface area contributed by atoms with Crippen LogP contribution in [0.1, 0.15) is 35.8 Å². The fraction of sp³-hybridized carbons (Fsp3) is 0.409. The summed E-state index contributed by atoms with van der Waals surface area (Å²) in [5, 5.41) is 4.26. The largest absolute Gasteiger partial charge is 0.355 e. The molecule has 0 aliphatic carbocycles. The van der Waals surface area contributed by atoms with Crippen molar-refractivity contribution in [2.75, 3.05) is 23.3 Å². The van der Waals surface area contributed by atoms with Crippen LogP contribution in [-0.4, -0.2) is 29.0 Å². The van der Waals surface area contributed by atoms with Gasteiger partial charge in [0.25, 0.3) is 0 Å². The van der Waals surface area contributed by atoms with E-state index in [1.165, 1.54) is 4.88 Å². The average Bonchev–Trinajstić information content (AvgIpc) is 3.14. The molecule has 5 nitrogen and oxygen atoms in total. The number of hydrogen-bond acceptors (Lipinski definition) is 5. The molecule has 0 bridgehead atoms. The van der Waals surface area contributed by atoms with Crippen LogP contribution in [-0.2, 0) is 11.2 Å². The molecule has 3 heterocycles. The van der Waals surface area contributed by atoms with Gasteiger partial charge in [0, 0.05) is 23.7 Å². The minimum Gasteiger partial charge on any atom is -0.355 e. The molecule has 1 aliphatic heterocycles. The molecule has 146 valence electrons. The first-order valence-electron chi connectivity index (χ1n) is 9.91. The van der Waals surface area contributed by atoms with Crippen molar-refractivity contribution in [2.24, 2.45) is 5.92 Å². The minimum absolute atomic E-state index is 0.0389. The third-order valence-corrected chi connectivity index (χ3v) is 6.64. The summed E-state index contributed by atoms with van der Waals surface area (Å²) in [6, 6.07) is 8.37. The Morgan fingerprint density at radius 2 is 2.14 bits per heavy atom. The number of nitrogens with zero attached hydrogens (tertiary/aromatic N) is 3. The van der Waals surface area contributed by atoms with Crippen LogP contribution in [0.25, 0.3) is 10.2 Å². The highest BCUT2D eigenvalue weighted by Gasteiger charge is 2.28. The van der Waals surface area contributed by atoms with Gasteiger partial charge < -0.3 is 10.2 Å². The van der Waals surface area contributed by atoms with Crippen LogP contribution in [0.5, 0.6) is 0 Å². The maximum absolute atomic E-state index is 13.0. The summed E-state index contributed by atoms with van der Waals surface area (Å²) in [6.45, 7) is 7.86. The van der Waals surface area contributed by atoms with Crippen molar-refractivity contribution in [3.63, 3.8) is 0 Å². The number of anilines is 2. The predicted molar refractivity (Wildman–Crippen MR) is 116 cm³/mol. The van der Waals surface area contributed by atoms with E-state index in [-0.39, 0.29) is 11.8 Å². The number of thiophene rings is 1. The van der Waals surface area contributed by atoms with Crippen LogP contribution in [0, 0.1) is 19.8 Å². The van der Waals surface area contributed by atoms with Crippen LogP contribution < -0.4 is 10.2 Å². The Hall–Kier alpha value is -2.47. The van der Waals surface area contributed by atoms with Gasteiger partial charge in [-0.15, -0.1) is 11.3 Å². The van der Waals surface area contributed by atoms with E-state index < -0.39 is 0 Å². The zero-order valence-corrected chi connectivity index (χ0v) is 17.5. The molecule has 28 heavy (non-hydrogen) atoms. The number of aryl methyl sites for hydroxylation is 3. The van der Waals surface area contributed by atoms with E-state index in [2.05, 4.69) is 45.3 Å². The molecule has 2 aromatic heterocycles. The Kier molecular flexibility index (Phi) is 5.31. The zero-order valence-electron chi connectivity index (χ0n) is 16.7. The van der Waals surface area contributed by atoms with E-state index in [9.17, 15) is 4.79 Å². The van der Waals surface area contributed by atoms with E-state index >= 15 is 0 Å². The van der Waals surface area contributed by atoms with Crippen LogP contribution in [0.2, 0.25) is 0 Å². The fourth-order valence-electron chi connectivity index (χ4n) is 3.81. The van der Waals surface area contributed by atoms with E-state index in [0.29, 0.717) is 6.54 Å². The highest BCUT2D eigenvalue weighted by molar-refractivity contribution is 7.18. The van der Waals surface area contributed by atoms with E-state index in [1.807, 2.05) is 19.9 Å². The lowest BCUT2D eigenvalue weighted by Crippen LogP contribution is -2.41. The number of amides is 1. The van der Waals surface area contributed by atoms with Gasteiger partial charge in [-0.2, -0.15) is 0 Å². The number of carbonyl (C=O) groups excluding carboxylic acids is 1. The topological polar surface area (TPSA) is 58.1 Å². The first-order chi connectivity index (χ1) is 13.5. The van der Waals surface area contributed by atoms with Gasteiger partial charge in [-0.3, -0.25) is 4.79 Å². The highest BCUT2D eigenvalue weighted by atomic mass is 32.1. The second-order valence-corrected chi connectivity index (χ2v) is 8.69. The number of hydrogen-bond donors (Lipinski definition) is 1. The lowest BCUT2D eigenvalue weighted by Gasteiger charge is -2.33. The van der Waals surface area contributed by atoms with Crippen molar-refractivity contribution in [2.45, 2.75) is 40.0 Å². The smallest absolute Gasteiger partial charge is 0.229 e. The molecule has 4 rings (SSSR count). The molecule has 1 amide bonds. The number of rotatable bonds is 4. The van der Waals surface area contributed by atoms with Crippen molar-refractivity contribution in [3.8, 4) is 0 Å². The molecule has 3 aromatic rings. The molecule has 0 unspecified atom stereocenters. The number of benzene rings is 1. The van der Waals surface area contributed by atoms with E-state index in [0.717, 1.165) is 58.7 Å². The summed E-state index contributed by atoms with van der Waals surface area (Å²) < 4.78 is 0. The Labute approximate surface area is 169 Å². The number of aromatic nitrogens is 2. The molecule has 0 spiro atoms. The average molecular weight is 395 g/mol. The normalized spacial score (nSPS) is 17.1. The fourth-order valence-corrected chi connectivity index (χ4v) is 4.74. The molecule has 1 N–H and O–H groups in total. The van der Waals surface area contributed by atoms with Gasteiger partial charge in [-0.1, -0.05) is 19.1 Å². The summed E-state index contributed by atoms with van der Waals surface area (Å²) in [4.78, 5) is 26.6. The van der Waals surface area contributed by atoms with Gasteiger partial charge in [0.15, 0.2) is 0 Å². The van der Waals surface area contributed by atoms with Crippen molar-refractivity contribution in [1.29, 1.82) is 0 Å². The van der Waals surface area contributed by atoms with Crippen LogP contribution in [0.4, 0.5) is 11.5 Å². The summed E-state index contributed by atoms with van der Waals surface area (Å²) in [7, 11) is 0. The lowest BCUT2D eigenvalue weighted by molar-refractivity contribution is -0.120. The van der Waals surface area contributed by atoms with Gasteiger partial charge in [0.2, 0.25) is 5.91 Å². The molecular weight excluding hydrogens is 368 g/mol. The Morgan fingerprint density at radius 1 is 1.29 bits per heavy atom. The third-order valence-electron chi connectivity index (χ3n) is 5.45. The number of piperidine rings is 1. The molecular formula is C22H26N4OS. The van der Waals surface area contributed by atoms with E-state index in [4.69, 9.17) is 0 Å². The summed E-state index contributed by atoms with van der Waals surface area (Å²) >= 11 is 1.73. The predicted octanol–water partition coefficient (Wildman–Crippen LogP) is 4.73. The Balaban J connectivity index is 1.54. The SMILES string of the molecule is CCc1cc2c(N3CCC[C@@H](C(=O)Nc4cc(C)ccc4C)C3)ncnc2s1. The van der Waals surface area contributed by atoms with Gasteiger partial charge in [0.1, 0.15) is 17.0 Å². The Morgan fingerprint density at radius 3 is 2.96 bits per heavy atom. The van der Waals surface area contributed by atoms with Gasteiger partial charge in [-0.25, -0.2) is 9.97 Å². The second kappa shape index (κ2) is 7.87. The van der Waals surface area contributed by atoms with Crippen molar-refractivity contribution in [1.82, 2.24) is 9.97 Å². The number of carbonyl (C=O) groups is 1. The zero-order chi connectivity index (χ0) is 19.7. The molecule has 1 fully saturated rings. The van der Waals surface area contributed by atoms with Crippen LogP contribution in [0.15, 0.2) is 30.6 Å². The first-order valence-corrected chi connectivity index (χ1v) is 10.7. The quantitative estimate of drug-likeness (QED) is 0.695. The molecule has 1 aliphatic rings. The maximum Gasteiger partial charge on any atom is 0.229 e. The van der Waals surface area contributed by atoms with Crippen molar-refractivity contribution < 1.29 is 4.79 Å². The van der Waals surface area contributed by atoms with E-state index in [1.54, 1.807) is 17.7 Å². The van der Waals surface area contributed by atoms with Crippen LogP contribution in [0.3, 0.4) is 0 Å². The molecule has 1 aromatic carbocycles. The van der Waals surface area contributed by atoms with Gasteiger partial charge in [-0.05, 0) is 56.4 Å². The summed E-state index contributed by atoms with van der Waals surface area (Å²) in [5.41, 5.74) is 3.16. The van der Waals surface area contributed by atoms with Crippen molar-refractivity contribution in [3.05, 3.63) is 46.6 Å². The standard InChI is InChI=1S/C22H26N4OS/c1-4-17-11-18-20(23-13-24-22(18)28-17)26-9-5-6-16(12-26)21(27)25-19-10-14(2)7-8-15(19)3/h7-8,10-11,13,16H,4-6,9,12H2,1-3H3,(H,25,27)/t16-/m1/s1. The minimum atomic E-state index is -0.0389. The molecule has 0 radical (unpaired) electrons. The first kappa shape index (κ1) is 18.9. The molecule has 0 saturated carbocycles. The third kappa shape index (κ3) is 3.74. The monoisotopic (exact) mass is 394 g/mol. The van der Waals surface area contributed by atoms with Crippen LogP contribution >= 0.6 is 11.3 Å². The van der Waals surface area contributed by atoms with Gasteiger partial charge in [0.05, 0.1) is 11.3 Å². The Bertz CT molecular complexity index is 1010. The summed E-state index contributed by atoms with van der Waals surface area (Å²) in [6.07, 6.45) is 4.54. The van der Waals surface area contributed by atoms with Crippen molar-refractivity contribution >= 4 is 39.0 Å². The number of nitrogens with one attached hydrogen (secondary N) is 1. The molecule has 6 heteroatoms. The summed E-state index contributed by atoms with van der Waals surface area (Å²) in [5.74, 6) is 1.02. The molecule has 1 saturated heterocycles. The second-order valence-electron chi connectivity index (χ2n) is 7.58. The maximum atomic E-state index is 13.0. The van der Waals surface area contributed by atoms with Gasteiger partial charge >= 0.3 is 0 Å². The number of fused-ring (bicyclic) bond motifs is 1. The molecule has 1 atom stereocenters.